The lowest BCUT2D eigenvalue weighted by molar-refractivity contribution is -0.112. The van der Waals surface area contributed by atoms with E-state index in [0.717, 1.165) is 14.7 Å². The highest BCUT2D eigenvalue weighted by atomic mass is 127. The molecule has 3 aromatic carbocycles. The molecule has 1 N–H and O–H groups in total. The predicted molar refractivity (Wildman–Crippen MR) is 141 cm³/mol. The second-order valence-electron chi connectivity index (χ2n) is 6.81. The minimum Gasteiger partial charge on any atom is -0.487 e. The van der Waals surface area contributed by atoms with Crippen LogP contribution < -0.4 is 10.1 Å². The molecule has 1 amide bonds. The number of aryl methyl sites for hydroxylation is 1. The van der Waals surface area contributed by atoms with Crippen molar-refractivity contribution in [1.82, 2.24) is 0 Å². The van der Waals surface area contributed by atoms with Crippen LogP contribution in [-0.2, 0) is 11.4 Å². The molecule has 0 unspecified atom stereocenters. The number of carbonyl (C=O) groups excluding carboxylic acids is 1. The van der Waals surface area contributed by atoms with Crippen molar-refractivity contribution in [2.24, 2.45) is 0 Å². The number of nitriles is 1. The van der Waals surface area contributed by atoms with Crippen molar-refractivity contribution < 1.29 is 9.53 Å². The summed E-state index contributed by atoms with van der Waals surface area (Å²) in [5.41, 5.74) is 3.06. The molecule has 162 valence electrons. The maximum absolute atomic E-state index is 12.6. The molecule has 32 heavy (non-hydrogen) atoms. The summed E-state index contributed by atoms with van der Waals surface area (Å²) in [6.07, 6.45) is 1.53. The lowest BCUT2D eigenvalue weighted by Gasteiger charge is -2.12. The van der Waals surface area contributed by atoms with Crippen LogP contribution >= 0.6 is 61.7 Å². The van der Waals surface area contributed by atoms with Crippen LogP contribution in [0.2, 0.25) is 10.0 Å². The number of nitrogens with one attached hydrogen (secondary N) is 1. The summed E-state index contributed by atoms with van der Waals surface area (Å²) < 4.78 is 7.51. The van der Waals surface area contributed by atoms with Crippen LogP contribution in [0.3, 0.4) is 0 Å². The Bertz CT molecular complexity index is 1210. The highest BCUT2D eigenvalue weighted by Gasteiger charge is 2.14. The summed E-state index contributed by atoms with van der Waals surface area (Å²) in [4.78, 5) is 12.6. The van der Waals surface area contributed by atoms with E-state index in [-0.39, 0.29) is 5.57 Å². The molecule has 0 radical (unpaired) electrons. The van der Waals surface area contributed by atoms with E-state index in [0.29, 0.717) is 38.1 Å². The Kier molecular flexibility index (Phi) is 8.60. The van der Waals surface area contributed by atoms with Gasteiger partial charge in [0.15, 0.2) is 0 Å². The molecule has 0 saturated carbocycles. The minimum absolute atomic E-state index is 0.0260. The highest BCUT2D eigenvalue weighted by molar-refractivity contribution is 14.1. The van der Waals surface area contributed by atoms with Gasteiger partial charge in [-0.15, -0.1) is 0 Å². The summed E-state index contributed by atoms with van der Waals surface area (Å²) in [5.74, 6) is 0.169. The molecule has 3 rings (SSSR count). The molecule has 0 spiro atoms. The Morgan fingerprint density at radius 1 is 1.16 bits per heavy atom. The van der Waals surface area contributed by atoms with Gasteiger partial charge in [-0.3, -0.25) is 4.79 Å². The first-order valence-corrected chi connectivity index (χ1v) is 11.9. The van der Waals surface area contributed by atoms with Gasteiger partial charge in [0.05, 0.1) is 8.04 Å². The summed E-state index contributed by atoms with van der Waals surface area (Å²) >= 11 is 17.6. The van der Waals surface area contributed by atoms with Crippen molar-refractivity contribution in [2.45, 2.75) is 13.5 Å². The van der Waals surface area contributed by atoms with Crippen LogP contribution in [0.5, 0.6) is 5.75 Å². The van der Waals surface area contributed by atoms with Gasteiger partial charge >= 0.3 is 0 Å². The molecular weight excluding hydrogens is 626 g/mol. The topological polar surface area (TPSA) is 62.1 Å². The molecule has 0 saturated heterocycles. The van der Waals surface area contributed by atoms with E-state index in [9.17, 15) is 10.1 Å². The van der Waals surface area contributed by atoms with Gasteiger partial charge in [-0.1, -0.05) is 41.4 Å². The summed E-state index contributed by atoms with van der Waals surface area (Å²) in [5, 5.41) is 13.4. The zero-order valence-corrected chi connectivity index (χ0v) is 22.0. The Labute approximate surface area is 218 Å². The number of rotatable bonds is 6. The molecule has 0 aliphatic carbocycles. The molecule has 4 nitrogen and oxygen atoms in total. The molecule has 3 aromatic rings. The zero-order chi connectivity index (χ0) is 23.3. The molecule has 0 bridgehead atoms. The normalized spacial score (nSPS) is 11.1. The molecule has 0 atom stereocenters. The van der Waals surface area contributed by atoms with Crippen molar-refractivity contribution in [3.63, 3.8) is 0 Å². The number of nitrogens with zero attached hydrogens (tertiary/aromatic N) is 1. The number of amides is 1. The monoisotopic (exact) mass is 640 g/mol. The standard InChI is InChI=1S/C24H16BrCl2IN2O2/c1-14-2-5-19(27)11-22(14)30-24(31)17(12-29)8-16-9-20(25)23(21(28)10-16)32-13-15-3-6-18(26)7-4-15/h2-11H,13H2,1H3,(H,30,31)/b17-8+. The van der Waals surface area contributed by atoms with E-state index in [2.05, 4.69) is 43.8 Å². The first-order chi connectivity index (χ1) is 15.3. The smallest absolute Gasteiger partial charge is 0.266 e. The Hall–Kier alpha value is -2.05. The van der Waals surface area contributed by atoms with Gasteiger partial charge in [-0.05, 0) is 105 Å². The number of hydrogen-bond donors (Lipinski definition) is 1. The van der Waals surface area contributed by atoms with Crippen molar-refractivity contribution in [2.75, 3.05) is 5.32 Å². The third-order valence-electron chi connectivity index (χ3n) is 4.44. The van der Waals surface area contributed by atoms with E-state index in [1.54, 1.807) is 24.3 Å². The van der Waals surface area contributed by atoms with Crippen LogP contribution in [0, 0.1) is 21.8 Å². The number of ether oxygens (including phenoxy) is 1. The van der Waals surface area contributed by atoms with Crippen molar-refractivity contribution >= 4 is 79.4 Å². The van der Waals surface area contributed by atoms with Gasteiger partial charge in [0.2, 0.25) is 0 Å². The fourth-order valence-electron chi connectivity index (χ4n) is 2.77. The SMILES string of the molecule is Cc1ccc(Cl)cc1NC(=O)/C(C#N)=C/c1cc(Br)c(OCc2ccc(Cl)cc2)c(I)c1. The largest absolute Gasteiger partial charge is 0.487 e. The third-order valence-corrected chi connectivity index (χ3v) is 6.32. The quantitative estimate of drug-likeness (QED) is 0.170. The second-order valence-corrected chi connectivity index (χ2v) is 9.70. The summed E-state index contributed by atoms with van der Waals surface area (Å²) in [7, 11) is 0. The van der Waals surface area contributed by atoms with Crippen LogP contribution in [0.25, 0.3) is 6.08 Å². The van der Waals surface area contributed by atoms with Crippen LogP contribution in [0.4, 0.5) is 5.69 Å². The first kappa shape index (κ1) is 24.6. The Morgan fingerprint density at radius 2 is 1.84 bits per heavy atom. The number of halogens is 4. The molecular formula is C24H16BrCl2IN2O2. The van der Waals surface area contributed by atoms with Gasteiger partial charge in [-0.2, -0.15) is 5.26 Å². The highest BCUT2D eigenvalue weighted by Crippen LogP contribution is 2.33. The van der Waals surface area contributed by atoms with Crippen LogP contribution in [-0.4, -0.2) is 5.91 Å². The average molecular weight is 642 g/mol. The number of benzene rings is 3. The minimum atomic E-state index is -0.507. The second kappa shape index (κ2) is 11.2. The van der Waals surface area contributed by atoms with E-state index in [4.69, 9.17) is 27.9 Å². The maximum atomic E-state index is 12.6. The number of hydrogen-bond acceptors (Lipinski definition) is 3. The lowest BCUT2D eigenvalue weighted by Crippen LogP contribution is -2.14. The van der Waals surface area contributed by atoms with E-state index >= 15 is 0 Å². The number of carbonyl (C=O) groups is 1. The Morgan fingerprint density at radius 3 is 2.50 bits per heavy atom. The van der Waals surface area contributed by atoms with E-state index in [1.807, 2.05) is 43.3 Å². The molecule has 0 aromatic heterocycles. The summed E-state index contributed by atoms with van der Waals surface area (Å²) in [6, 6.07) is 18.2. The summed E-state index contributed by atoms with van der Waals surface area (Å²) in [6.45, 7) is 2.23. The maximum Gasteiger partial charge on any atom is 0.266 e. The average Bonchev–Trinajstić information content (AvgIpc) is 2.75. The fraction of sp³-hybridized carbons (Fsp3) is 0.0833. The van der Waals surface area contributed by atoms with Gasteiger partial charge in [0.25, 0.3) is 5.91 Å². The van der Waals surface area contributed by atoms with Crippen LogP contribution in [0.15, 0.2) is 64.6 Å². The van der Waals surface area contributed by atoms with Crippen molar-refractivity contribution in [3.8, 4) is 11.8 Å². The van der Waals surface area contributed by atoms with Crippen molar-refractivity contribution in [1.29, 1.82) is 5.26 Å². The van der Waals surface area contributed by atoms with Crippen LogP contribution in [0.1, 0.15) is 16.7 Å². The molecule has 0 aliphatic rings. The fourth-order valence-corrected chi connectivity index (χ4v) is 4.84. The van der Waals surface area contributed by atoms with Gasteiger partial charge < -0.3 is 10.1 Å². The zero-order valence-electron chi connectivity index (χ0n) is 16.8. The van der Waals surface area contributed by atoms with Gasteiger partial charge in [0.1, 0.15) is 24.0 Å². The third kappa shape index (κ3) is 6.48. The van der Waals surface area contributed by atoms with Gasteiger partial charge in [-0.25, -0.2) is 0 Å². The molecule has 8 heteroatoms. The molecule has 0 fully saturated rings. The molecule has 0 aliphatic heterocycles. The Balaban J connectivity index is 1.78. The van der Waals surface area contributed by atoms with Crippen molar-refractivity contribution in [3.05, 3.63) is 94.9 Å². The predicted octanol–water partition coefficient (Wildman–Crippen LogP) is 7.79. The molecule has 0 heterocycles. The van der Waals surface area contributed by atoms with E-state index < -0.39 is 5.91 Å². The van der Waals surface area contributed by atoms with E-state index in [1.165, 1.54) is 6.08 Å². The van der Waals surface area contributed by atoms with Gasteiger partial charge in [0, 0.05) is 15.7 Å². The lowest BCUT2D eigenvalue weighted by atomic mass is 10.1. The first-order valence-electron chi connectivity index (χ1n) is 9.32. The number of anilines is 1.